The Kier molecular flexibility index (Phi) is 2.52. The van der Waals surface area contributed by atoms with E-state index >= 15 is 0 Å². The maximum Gasteiger partial charge on any atom is 0.184 e. The molecule has 0 radical (unpaired) electrons. The summed E-state index contributed by atoms with van der Waals surface area (Å²) in [7, 11) is 0. The van der Waals surface area contributed by atoms with Crippen LogP contribution in [0.5, 0.6) is 0 Å². The summed E-state index contributed by atoms with van der Waals surface area (Å²) in [5, 5.41) is 0. The molecule has 0 aliphatic heterocycles. The zero-order chi connectivity index (χ0) is 10.1. The Balaban J connectivity index is 2.60. The molecule has 1 aromatic heterocycles. The van der Waals surface area contributed by atoms with Gasteiger partial charge in [-0.05, 0) is 13.0 Å². The van der Waals surface area contributed by atoms with Crippen LogP contribution < -0.4 is 0 Å². The maximum absolute atomic E-state index is 13.4. The molecule has 0 aliphatic carbocycles. The highest BCUT2D eigenvalue weighted by Crippen LogP contribution is 2.33. The molecule has 0 N–H and O–H groups in total. The molecule has 1 aromatic carbocycles. The number of hydrogen-bond acceptors (Lipinski definition) is 2. The first kappa shape index (κ1) is 9.62. The second-order valence-corrected chi connectivity index (χ2v) is 4.44. The van der Waals surface area contributed by atoms with Crippen molar-refractivity contribution in [3.8, 4) is 10.4 Å². The lowest BCUT2D eigenvalue weighted by Gasteiger charge is -1.99. The van der Waals surface area contributed by atoms with Crippen LogP contribution >= 0.6 is 22.9 Å². The van der Waals surface area contributed by atoms with Crippen LogP contribution in [0.25, 0.3) is 10.4 Å². The van der Waals surface area contributed by atoms with Crippen molar-refractivity contribution in [2.75, 3.05) is 0 Å². The summed E-state index contributed by atoms with van der Waals surface area (Å²) in [5.41, 5.74) is 1.33. The molecule has 0 aliphatic rings. The molecule has 0 saturated carbocycles. The number of rotatable bonds is 1. The Hall–Kier alpha value is -0.930. The van der Waals surface area contributed by atoms with E-state index in [1.165, 1.54) is 17.4 Å². The van der Waals surface area contributed by atoms with Crippen molar-refractivity contribution in [3.05, 3.63) is 40.2 Å². The van der Waals surface area contributed by atoms with E-state index in [1.807, 2.05) is 6.92 Å². The lowest BCUT2D eigenvalue weighted by atomic mass is 10.1. The molecule has 0 fully saturated rings. The summed E-state index contributed by atoms with van der Waals surface area (Å²) < 4.78 is 13.8. The molecule has 0 spiro atoms. The Morgan fingerprint density at radius 2 is 2.07 bits per heavy atom. The molecule has 0 bridgehead atoms. The van der Waals surface area contributed by atoms with Crippen LogP contribution in [0.15, 0.2) is 24.3 Å². The van der Waals surface area contributed by atoms with Crippen LogP contribution in [-0.4, -0.2) is 4.98 Å². The maximum atomic E-state index is 13.4. The third kappa shape index (κ3) is 1.65. The molecule has 0 amide bonds. The van der Waals surface area contributed by atoms with Crippen molar-refractivity contribution in [2.24, 2.45) is 0 Å². The molecule has 2 aromatic rings. The van der Waals surface area contributed by atoms with Gasteiger partial charge in [-0.3, -0.25) is 0 Å². The van der Waals surface area contributed by atoms with E-state index in [-0.39, 0.29) is 5.82 Å². The fourth-order valence-corrected chi connectivity index (χ4v) is 2.44. The highest BCUT2D eigenvalue weighted by molar-refractivity contribution is 7.19. The monoisotopic (exact) mass is 227 g/mol. The van der Waals surface area contributed by atoms with E-state index < -0.39 is 0 Å². The summed E-state index contributed by atoms with van der Waals surface area (Å²) in [6.45, 7) is 1.82. The zero-order valence-electron chi connectivity index (χ0n) is 7.42. The van der Waals surface area contributed by atoms with Gasteiger partial charge < -0.3 is 0 Å². The number of benzene rings is 1. The van der Waals surface area contributed by atoms with Gasteiger partial charge in [0.05, 0.1) is 10.6 Å². The topological polar surface area (TPSA) is 12.9 Å². The standard InChI is InChI=1S/C10H7ClFNS/c1-6-9(14-10(11)13-6)7-4-2-3-5-8(7)12/h2-5H,1H3. The zero-order valence-corrected chi connectivity index (χ0v) is 8.99. The highest BCUT2D eigenvalue weighted by atomic mass is 35.5. The van der Waals surface area contributed by atoms with E-state index in [0.29, 0.717) is 10.0 Å². The predicted molar refractivity (Wildman–Crippen MR) is 57.3 cm³/mol. The van der Waals surface area contributed by atoms with Gasteiger partial charge in [0.1, 0.15) is 5.82 Å². The van der Waals surface area contributed by atoms with E-state index in [4.69, 9.17) is 11.6 Å². The first-order valence-electron chi connectivity index (χ1n) is 4.06. The van der Waals surface area contributed by atoms with Gasteiger partial charge in [-0.25, -0.2) is 9.37 Å². The minimum Gasteiger partial charge on any atom is -0.230 e. The molecule has 1 heterocycles. The van der Waals surface area contributed by atoms with E-state index in [0.717, 1.165) is 10.6 Å². The van der Waals surface area contributed by atoms with Gasteiger partial charge in [-0.1, -0.05) is 29.8 Å². The molecule has 1 nitrogen and oxygen atoms in total. The first-order chi connectivity index (χ1) is 6.68. The smallest absolute Gasteiger partial charge is 0.184 e. The summed E-state index contributed by atoms with van der Waals surface area (Å²) in [5.74, 6) is -0.240. The Labute approximate surface area is 90.2 Å². The Bertz CT molecular complexity index is 467. The number of thiazole rings is 1. The van der Waals surface area contributed by atoms with Crippen molar-refractivity contribution in [3.63, 3.8) is 0 Å². The number of hydrogen-bond donors (Lipinski definition) is 0. The summed E-state index contributed by atoms with van der Waals surface area (Å²) in [6.07, 6.45) is 0. The van der Waals surface area contributed by atoms with Crippen LogP contribution in [0.2, 0.25) is 4.47 Å². The molecular weight excluding hydrogens is 221 g/mol. The molecular formula is C10H7ClFNS. The van der Waals surface area contributed by atoms with Gasteiger partial charge in [0, 0.05) is 5.56 Å². The predicted octanol–water partition coefficient (Wildman–Crippen LogP) is 3.91. The van der Waals surface area contributed by atoms with Crippen LogP contribution in [0.3, 0.4) is 0 Å². The van der Waals surface area contributed by atoms with E-state index in [2.05, 4.69) is 4.98 Å². The average molecular weight is 228 g/mol. The van der Waals surface area contributed by atoms with E-state index in [1.54, 1.807) is 18.2 Å². The second-order valence-electron chi connectivity index (χ2n) is 2.86. The SMILES string of the molecule is Cc1nc(Cl)sc1-c1ccccc1F. The normalized spacial score (nSPS) is 10.5. The lowest BCUT2D eigenvalue weighted by molar-refractivity contribution is 0.631. The minimum absolute atomic E-state index is 0.240. The molecule has 14 heavy (non-hydrogen) atoms. The molecule has 0 unspecified atom stereocenters. The Morgan fingerprint density at radius 3 is 2.64 bits per heavy atom. The molecule has 0 atom stereocenters. The van der Waals surface area contributed by atoms with Crippen molar-refractivity contribution in [2.45, 2.75) is 6.92 Å². The van der Waals surface area contributed by atoms with Crippen LogP contribution in [0, 0.1) is 12.7 Å². The number of nitrogens with zero attached hydrogens (tertiary/aromatic N) is 1. The average Bonchev–Trinajstić information content (AvgIpc) is 2.46. The lowest BCUT2D eigenvalue weighted by Crippen LogP contribution is -1.82. The quantitative estimate of drug-likeness (QED) is 0.720. The van der Waals surface area contributed by atoms with E-state index in [9.17, 15) is 4.39 Å². The Morgan fingerprint density at radius 1 is 1.36 bits per heavy atom. The third-order valence-corrected chi connectivity index (χ3v) is 3.18. The van der Waals surface area contributed by atoms with Crippen LogP contribution in [0.1, 0.15) is 5.69 Å². The summed E-state index contributed by atoms with van der Waals surface area (Å²) in [6, 6.07) is 6.62. The van der Waals surface area contributed by atoms with Gasteiger partial charge in [0.15, 0.2) is 4.47 Å². The molecule has 4 heteroatoms. The van der Waals surface area contributed by atoms with Crippen molar-refractivity contribution < 1.29 is 4.39 Å². The second kappa shape index (κ2) is 3.67. The van der Waals surface area contributed by atoms with Gasteiger partial charge in [0.2, 0.25) is 0 Å². The van der Waals surface area contributed by atoms with Crippen molar-refractivity contribution in [1.82, 2.24) is 4.98 Å². The van der Waals surface area contributed by atoms with Crippen LogP contribution in [0.4, 0.5) is 4.39 Å². The van der Waals surface area contributed by atoms with Crippen molar-refractivity contribution >= 4 is 22.9 Å². The van der Waals surface area contributed by atoms with Gasteiger partial charge in [-0.2, -0.15) is 0 Å². The van der Waals surface area contributed by atoms with Crippen LogP contribution in [-0.2, 0) is 0 Å². The summed E-state index contributed by atoms with van der Waals surface area (Å²) in [4.78, 5) is 4.85. The van der Waals surface area contributed by atoms with Crippen molar-refractivity contribution in [1.29, 1.82) is 0 Å². The largest absolute Gasteiger partial charge is 0.230 e. The highest BCUT2D eigenvalue weighted by Gasteiger charge is 2.11. The van der Waals surface area contributed by atoms with Gasteiger partial charge >= 0.3 is 0 Å². The minimum atomic E-state index is -0.240. The fourth-order valence-electron chi connectivity index (χ4n) is 1.26. The first-order valence-corrected chi connectivity index (χ1v) is 5.26. The van der Waals surface area contributed by atoms with Gasteiger partial charge in [0.25, 0.3) is 0 Å². The third-order valence-electron chi connectivity index (χ3n) is 1.89. The number of aromatic nitrogens is 1. The fraction of sp³-hybridized carbons (Fsp3) is 0.100. The summed E-state index contributed by atoms with van der Waals surface area (Å²) >= 11 is 7.05. The van der Waals surface area contributed by atoms with Gasteiger partial charge in [-0.15, -0.1) is 11.3 Å². The number of halogens is 2. The molecule has 72 valence electrons. The molecule has 0 saturated heterocycles. The number of aryl methyl sites for hydroxylation is 1. The molecule has 2 rings (SSSR count).